The number of aromatic nitrogens is 3. The van der Waals surface area contributed by atoms with Gasteiger partial charge in [-0.25, -0.2) is 9.36 Å². The van der Waals surface area contributed by atoms with Crippen molar-refractivity contribution in [1.29, 1.82) is 0 Å². The molecular weight excluding hydrogens is 430 g/mol. The van der Waals surface area contributed by atoms with E-state index in [2.05, 4.69) is 15.5 Å². The number of rotatable bonds is 6. The summed E-state index contributed by atoms with van der Waals surface area (Å²) in [5.41, 5.74) is 3.13. The predicted molar refractivity (Wildman–Crippen MR) is 118 cm³/mol. The quantitative estimate of drug-likeness (QED) is 0.470. The number of oxazole rings is 1. The lowest BCUT2D eigenvalue weighted by Crippen LogP contribution is -2.27. The maximum absolute atomic E-state index is 12.6. The summed E-state index contributed by atoms with van der Waals surface area (Å²) >= 11 is 1.56. The average molecular weight is 449 g/mol. The van der Waals surface area contributed by atoms with E-state index in [4.69, 9.17) is 4.42 Å². The normalized spacial score (nSPS) is 12.7. The first-order valence-electron chi connectivity index (χ1n) is 9.98. The minimum Gasteiger partial charge on any atom is -0.416 e. The van der Waals surface area contributed by atoms with Gasteiger partial charge in [-0.2, -0.15) is 5.10 Å². The predicted octanol–water partition coefficient (Wildman–Crippen LogP) is 2.48. The Kier molecular flexibility index (Phi) is 5.20. The number of fused-ring (bicyclic) bond motifs is 1. The monoisotopic (exact) mass is 449 g/mol. The van der Waals surface area contributed by atoms with Crippen molar-refractivity contribution in [2.24, 2.45) is 0 Å². The molecule has 3 aromatic heterocycles. The van der Waals surface area contributed by atoms with Crippen LogP contribution in [-0.4, -0.2) is 31.5 Å². The minimum atomic E-state index is -0.467. The second-order valence-corrected chi connectivity index (χ2v) is 8.50. The molecule has 1 aromatic carbocycles. The fraction of sp³-hybridized carbons (Fsp3) is 0.182. The van der Waals surface area contributed by atoms with Gasteiger partial charge in [0.05, 0.1) is 43.5 Å². The van der Waals surface area contributed by atoms with Gasteiger partial charge in [0.1, 0.15) is 6.26 Å². The summed E-state index contributed by atoms with van der Waals surface area (Å²) in [4.78, 5) is 39.5. The number of H-pyrrole nitrogens is 1. The number of thiophene rings is 1. The van der Waals surface area contributed by atoms with E-state index in [-0.39, 0.29) is 18.2 Å². The summed E-state index contributed by atoms with van der Waals surface area (Å²) < 4.78 is 6.14. The number of anilines is 1. The Bertz CT molecular complexity index is 1320. The second kappa shape index (κ2) is 8.31. The van der Waals surface area contributed by atoms with Crippen molar-refractivity contribution in [1.82, 2.24) is 19.7 Å². The van der Waals surface area contributed by atoms with Gasteiger partial charge in [0.2, 0.25) is 11.8 Å². The van der Waals surface area contributed by atoms with Crippen LogP contribution in [0.3, 0.4) is 0 Å². The van der Waals surface area contributed by atoms with Crippen LogP contribution in [0.5, 0.6) is 0 Å². The standard InChI is InChI=1S/C22H19N5O4S/c28-19(10-14-3-5-15(6-4-14)27-7-8-31-22(27)30)23-21-17-12-26(13-18(17)24-25-21)20(29)11-16-2-1-9-32-16/h1-9H,10-13H2,(H2,23,24,25,28). The Balaban J connectivity index is 1.20. The molecule has 0 radical (unpaired) electrons. The van der Waals surface area contributed by atoms with E-state index in [1.54, 1.807) is 40.5 Å². The van der Waals surface area contributed by atoms with E-state index in [9.17, 15) is 14.4 Å². The largest absolute Gasteiger partial charge is 0.423 e. The molecular formula is C22H19N5O4S. The van der Waals surface area contributed by atoms with Crippen molar-refractivity contribution in [3.8, 4) is 5.69 Å². The van der Waals surface area contributed by atoms with Crippen LogP contribution in [0.1, 0.15) is 21.7 Å². The zero-order valence-electron chi connectivity index (χ0n) is 16.9. The van der Waals surface area contributed by atoms with Gasteiger partial charge in [-0.15, -0.1) is 11.3 Å². The van der Waals surface area contributed by atoms with Crippen LogP contribution in [-0.2, 0) is 35.5 Å². The lowest BCUT2D eigenvalue weighted by Gasteiger charge is -2.15. The fourth-order valence-corrected chi connectivity index (χ4v) is 4.38. The third kappa shape index (κ3) is 4.00. The topological polar surface area (TPSA) is 113 Å². The van der Waals surface area contributed by atoms with Crippen molar-refractivity contribution >= 4 is 29.0 Å². The molecule has 0 aliphatic carbocycles. The number of aromatic amines is 1. The SMILES string of the molecule is O=C(Cc1ccc(-n2ccoc2=O)cc1)Nc1n[nH]c2c1CN(C(=O)Cc1cccs1)C2. The molecule has 0 saturated heterocycles. The minimum absolute atomic E-state index is 0.0474. The van der Waals surface area contributed by atoms with Gasteiger partial charge < -0.3 is 14.6 Å². The lowest BCUT2D eigenvalue weighted by atomic mass is 10.1. The van der Waals surface area contributed by atoms with Gasteiger partial charge in [-0.3, -0.25) is 14.7 Å². The zero-order valence-corrected chi connectivity index (χ0v) is 17.7. The summed E-state index contributed by atoms with van der Waals surface area (Å²) in [7, 11) is 0. The Hall–Kier alpha value is -3.92. The Morgan fingerprint density at radius 3 is 2.72 bits per heavy atom. The highest BCUT2D eigenvalue weighted by Crippen LogP contribution is 2.28. The van der Waals surface area contributed by atoms with Gasteiger partial charge in [0.15, 0.2) is 5.82 Å². The molecule has 1 aliphatic rings. The molecule has 1 aliphatic heterocycles. The smallest absolute Gasteiger partial charge is 0.416 e. The third-order valence-corrected chi connectivity index (χ3v) is 6.20. The van der Waals surface area contributed by atoms with Crippen LogP contribution in [0.15, 0.2) is 63.4 Å². The summed E-state index contributed by atoms with van der Waals surface area (Å²) in [6.45, 7) is 0.872. The molecule has 0 saturated carbocycles. The summed E-state index contributed by atoms with van der Waals surface area (Å²) in [5, 5.41) is 11.9. The fourth-order valence-electron chi connectivity index (χ4n) is 3.69. The van der Waals surface area contributed by atoms with Crippen LogP contribution >= 0.6 is 11.3 Å². The number of benzene rings is 1. The highest BCUT2D eigenvalue weighted by atomic mass is 32.1. The van der Waals surface area contributed by atoms with Crippen LogP contribution in [0.2, 0.25) is 0 Å². The maximum atomic E-state index is 12.6. The Labute approximate surface area is 186 Å². The molecule has 0 fully saturated rings. The first-order valence-corrected chi connectivity index (χ1v) is 10.9. The summed E-state index contributed by atoms with van der Waals surface area (Å²) in [5.74, 6) is -0.175. The molecule has 4 aromatic rings. The molecule has 10 heteroatoms. The molecule has 2 N–H and O–H groups in total. The van der Waals surface area contributed by atoms with Crippen molar-refractivity contribution in [3.63, 3.8) is 0 Å². The van der Waals surface area contributed by atoms with Gasteiger partial charge in [-0.05, 0) is 29.1 Å². The number of hydrogen-bond acceptors (Lipinski definition) is 6. The summed E-state index contributed by atoms with van der Waals surface area (Å²) in [6.07, 6.45) is 3.39. The second-order valence-electron chi connectivity index (χ2n) is 7.47. The molecule has 5 rings (SSSR count). The molecule has 32 heavy (non-hydrogen) atoms. The number of hydrogen-bond donors (Lipinski definition) is 2. The number of nitrogens with one attached hydrogen (secondary N) is 2. The van der Waals surface area contributed by atoms with E-state index in [0.717, 1.165) is 21.7 Å². The van der Waals surface area contributed by atoms with Gasteiger partial charge >= 0.3 is 5.76 Å². The molecule has 0 unspecified atom stereocenters. The molecule has 0 bridgehead atoms. The highest BCUT2D eigenvalue weighted by Gasteiger charge is 2.28. The van der Waals surface area contributed by atoms with Crippen molar-refractivity contribution < 1.29 is 14.0 Å². The van der Waals surface area contributed by atoms with E-state index < -0.39 is 5.76 Å². The van der Waals surface area contributed by atoms with Crippen molar-refractivity contribution in [2.75, 3.05) is 5.32 Å². The van der Waals surface area contributed by atoms with Crippen LogP contribution in [0, 0.1) is 0 Å². The maximum Gasteiger partial charge on any atom is 0.423 e. The first-order chi connectivity index (χ1) is 15.6. The zero-order chi connectivity index (χ0) is 22.1. The van der Waals surface area contributed by atoms with Crippen molar-refractivity contribution in [3.05, 3.63) is 86.5 Å². The van der Waals surface area contributed by atoms with Gasteiger partial charge in [0.25, 0.3) is 0 Å². The first kappa shape index (κ1) is 20.0. The van der Waals surface area contributed by atoms with E-state index in [1.165, 1.54) is 17.0 Å². The molecule has 0 atom stereocenters. The van der Waals surface area contributed by atoms with Crippen LogP contribution in [0.4, 0.5) is 5.82 Å². The van der Waals surface area contributed by atoms with Gasteiger partial charge in [0, 0.05) is 10.4 Å². The number of amides is 2. The molecule has 2 amide bonds. The highest BCUT2D eigenvalue weighted by molar-refractivity contribution is 7.10. The molecule has 0 spiro atoms. The van der Waals surface area contributed by atoms with E-state index in [0.29, 0.717) is 31.0 Å². The molecule has 9 nitrogen and oxygen atoms in total. The number of carbonyl (C=O) groups excluding carboxylic acids is 2. The molecule has 4 heterocycles. The van der Waals surface area contributed by atoms with E-state index in [1.807, 2.05) is 17.5 Å². The number of carbonyl (C=O) groups is 2. The average Bonchev–Trinajstić information content (AvgIpc) is 3.55. The van der Waals surface area contributed by atoms with Gasteiger partial charge in [-0.1, -0.05) is 18.2 Å². The van der Waals surface area contributed by atoms with Crippen LogP contribution in [0.25, 0.3) is 5.69 Å². The lowest BCUT2D eigenvalue weighted by molar-refractivity contribution is -0.131. The van der Waals surface area contributed by atoms with Crippen LogP contribution < -0.4 is 11.1 Å². The van der Waals surface area contributed by atoms with Crippen molar-refractivity contribution in [2.45, 2.75) is 25.9 Å². The Morgan fingerprint density at radius 2 is 2.00 bits per heavy atom. The Morgan fingerprint density at radius 1 is 1.16 bits per heavy atom. The van der Waals surface area contributed by atoms with E-state index >= 15 is 0 Å². The number of nitrogens with zero attached hydrogens (tertiary/aromatic N) is 3. The third-order valence-electron chi connectivity index (χ3n) is 5.32. The summed E-state index contributed by atoms with van der Waals surface area (Å²) in [6, 6.07) is 11.0. The molecule has 162 valence electrons.